The smallest absolute Gasteiger partial charge is 0.311 e. The zero-order valence-corrected chi connectivity index (χ0v) is 13.3. The van der Waals surface area contributed by atoms with E-state index in [0.717, 1.165) is 43.9 Å². The minimum absolute atomic E-state index is 0.171. The molecule has 23 heavy (non-hydrogen) atoms. The summed E-state index contributed by atoms with van der Waals surface area (Å²) in [5.74, 6) is -1.13. The average Bonchev–Trinajstić information content (AvgIpc) is 2.54. The lowest BCUT2D eigenvalue weighted by Crippen LogP contribution is -2.44. The minimum atomic E-state index is -0.914. The Morgan fingerprint density at radius 1 is 1.39 bits per heavy atom. The molecule has 1 amide bonds. The molecule has 0 saturated heterocycles. The molecular weight excluding hydrogens is 303 g/mol. The Labute approximate surface area is 134 Å². The van der Waals surface area contributed by atoms with Gasteiger partial charge in [0.1, 0.15) is 5.82 Å². The van der Waals surface area contributed by atoms with Gasteiger partial charge in [0.15, 0.2) is 6.10 Å². The largest absolute Gasteiger partial charge is 0.474 e. The molecule has 1 aromatic carbocycles. The molecule has 0 radical (unpaired) electrons. The zero-order chi connectivity index (χ0) is 17.0. The second-order valence-corrected chi connectivity index (χ2v) is 5.87. The van der Waals surface area contributed by atoms with Crippen molar-refractivity contribution in [2.45, 2.75) is 51.2 Å². The monoisotopic (exact) mass is 324 g/mol. The number of carbonyl (C=O) groups is 1. The van der Waals surface area contributed by atoms with E-state index in [1.165, 1.54) is 13.3 Å². The summed E-state index contributed by atoms with van der Waals surface area (Å²) >= 11 is 0. The Balaban J connectivity index is 2.08. The highest BCUT2D eigenvalue weighted by Crippen LogP contribution is 2.29. The molecule has 1 saturated carbocycles. The lowest BCUT2D eigenvalue weighted by molar-refractivity contribution is -0.386. The third-order valence-corrected chi connectivity index (χ3v) is 4.24. The maximum absolute atomic E-state index is 13.3. The number of hydrogen-bond donors (Lipinski definition) is 0. The van der Waals surface area contributed by atoms with E-state index in [2.05, 4.69) is 0 Å². The minimum Gasteiger partial charge on any atom is -0.474 e. The molecular formula is C16H21FN2O4. The summed E-state index contributed by atoms with van der Waals surface area (Å²) in [4.78, 5) is 24.4. The van der Waals surface area contributed by atoms with Crippen LogP contribution in [0.4, 0.5) is 10.1 Å². The van der Waals surface area contributed by atoms with Crippen LogP contribution in [0, 0.1) is 15.9 Å². The van der Waals surface area contributed by atoms with Crippen molar-refractivity contribution in [1.82, 2.24) is 4.90 Å². The van der Waals surface area contributed by atoms with Gasteiger partial charge >= 0.3 is 5.69 Å². The van der Waals surface area contributed by atoms with Gasteiger partial charge in [0.25, 0.3) is 5.91 Å². The van der Waals surface area contributed by atoms with Gasteiger partial charge in [-0.15, -0.1) is 0 Å². The van der Waals surface area contributed by atoms with Crippen molar-refractivity contribution in [1.29, 1.82) is 0 Å². The van der Waals surface area contributed by atoms with Gasteiger partial charge < -0.3 is 9.64 Å². The quantitative estimate of drug-likeness (QED) is 0.615. The molecule has 0 spiro atoms. The highest BCUT2D eigenvalue weighted by molar-refractivity contribution is 5.81. The second-order valence-electron chi connectivity index (χ2n) is 5.87. The van der Waals surface area contributed by atoms with E-state index in [9.17, 15) is 19.3 Å². The third-order valence-electron chi connectivity index (χ3n) is 4.24. The standard InChI is InChI=1S/C16H21FN2O4/c1-11(16(20)18(2)13-6-4-3-5-7-13)23-15-10-12(17)8-9-14(15)19(21)22/h8-11,13H,3-7H2,1-2H3. The van der Waals surface area contributed by atoms with E-state index in [1.807, 2.05) is 0 Å². The van der Waals surface area contributed by atoms with Crippen LogP contribution in [0.3, 0.4) is 0 Å². The molecule has 0 heterocycles. The van der Waals surface area contributed by atoms with Gasteiger partial charge in [-0.25, -0.2) is 4.39 Å². The highest BCUT2D eigenvalue weighted by atomic mass is 19.1. The summed E-state index contributed by atoms with van der Waals surface area (Å²) < 4.78 is 18.7. The van der Waals surface area contributed by atoms with E-state index in [1.54, 1.807) is 11.9 Å². The van der Waals surface area contributed by atoms with E-state index in [4.69, 9.17) is 4.74 Å². The lowest BCUT2D eigenvalue weighted by Gasteiger charge is -2.32. The van der Waals surface area contributed by atoms with E-state index in [0.29, 0.717) is 0 Å². The number of benzene rings is 1. The molecule has 0 bridgehead atoms. The van der Waals surface area contributed by atoms with Crippen molar-refractivity contribution >= 4 is 11.6 Å². The van der Waals surface area contributed by atoms with Gasteiger partial charge in [-0.1, -0.05) is 19.3 Å². The van der Waals surface area contributed by atoms with Gasteiger partial charge in [-0.05, 0) is 25.8 Å². The molecule has 1 aliphatic rings. The van der Waals surface area contributed by atoms with Crippen LogP contribution in [-0.4, -0.2) is 34.9 Å². The molecule has 1 aliphatic carbocycles. The van der Waals surface area contributed by atoms with Crippen LogP contribution in [-0.2, 0) is 4.79 Å². The third kappa shape index (κ3) is 4.18. The summed E-state index contributed by atoms with van der Waals surface area (Å²) in [7, 11) is 1.72. The van der Waals surface area contributed by atoms with Gasteiger partial charge in [-0.3, -0.25) is 14.9 Å². The van der Waals surface area contributed by atoms with Crippen LogP contribution in [0.5, 0.6) is 5.75 Å². The first kappa shape index (κ1) is 17.2. The van der Waals surface area contributed by atoms with Crippen LogP contribution >= 0.6 is 0 Å². The van der Waals surface area contributed by atoms with Crippen LogP contribution in [0.2, 0.25) is 0 Å². The van der Waals surface area contributed by atoms with Gasteiger partial charge in [-0.2, -0.15) is 0 Å². The maximum Gasteiger partial charge on any atom is 0.311 e. The number of nitro groups is 1. The first-order valence-corrected chi connectivity index (χ1v) is 7.77. The number of nitro benzene ring substituents is 1. The van der Waals surface area contributed by atoms with Crippen molar-refractivity contribution in [3.63, 3.8) is 0 Å². The lowest BCUT2D eigenvalue weighted by atomic mass is 9.94. The molecule has 1 aromatic rings. The molecule has 0 aliphatic heterocycles. The summed E-state index contributed by atoms with van der Waals surface area (Å²) in [6.07, 6.45) is 4.35. The van der Waals surface area contributed by atoms with E-state index < -0.39 is 16.8 Å². The van der Waals surface area contributed by atoms with E-state index in [-0.39, 0.29) is 23.4 Å². The molecule has 1 unspecified atom stereocenters. The number of carbonyl (C=O) groups excluding carboxylic acids is 1. The molecule has 6 nitrogen and oxygen atoms in total. The number of ether oxygens (including phenoxy) is 1. The molecule has 126 valence electrons. The zero-order valence-electron chi connectivity index (χ0n) is 13.3. The number of hydrogen-bond acceptors (Lipinski definition) is 4. The Morgan fingerprint density at radius 3 is 2.65 bits per heavy atom. The number of nitrogens with zero attached hydrogens (tertiary/aromatic N) is 2. The van der Waals surface area contributed by atoms with Crippen LogP contribution < -0.4 is 4.74 Å². The Hall–Kier alpha value is -2.18. The summed E-state index contributed by atoms with van der Waals surface area (Å²) in [5.41, 5.74) is -0.355. The SMILES string of the molecule is CC(Oc1cc(F)ccc1[N+](=O)[O-])C(=O)N(C)C1CCCCC1. The molecule has 2 rings (SSSR count). The molecule has 1 fully saturated rings. The summed E-state index contributed by atoms with van der Waals surface area (Å²) in [6.45, 7) is 1.52. The Morgan fingerprint density at radius 2 is 2.04 bits per heavy atom. The predicted molar refractivity (Wildman–Crippen MR) is 82.8 cm³/mol. The molecule has 0 aromatic heterocycles. The van der Waals surface area contributed by atoms with Crippen molar-refractivity contribution in [2.75, 3.05) is 7.05 Å². The fourth-order valence-electron chi connectivity index (χ4n) is 2.91. The van der Waals surface area contributed by atoms with Crippen molar-refractivity contribution in [3.8, 4) is 5.75 Å². The first-order chi connectivity index (χ1) is 10.9. The van der Waals surface area contributed by atoms with Gasteiger partial charge in [0.2, 0.25) is 5.75 Å². The Kier molecular flexibility index (Phi) is 5.52. The normalized spacial score (nSPS) is 16.7. The number of rotatable bonds is 5. The van der Waals surface area contributed by atoms with Crippen LogP contribution in [0.15, 0.2) is 18.2 Å². The van der Waals surface area contributed by atoms with Crippen molar-refractivity contribution < 1.29 is 18.8 Å². The molecule has 1 atom stereocenters. The van der Waals surface area contributed by atoms with Crippen molar-refractivity contribution in [3.05, 3.63) is 34.1 Å². The van der Waals surface area contributed by atoms with Gasteiger partial charge in [0, 0.05) is 25.2 Å². The van der Waals surface area contributed by atoms with Crippen LogP contribution in [0.25, 0.3) is 0 Å². The number of amides is 1. The Bertz CT molecular complexity index is 587. The summed E-state index contributed by atoms with van der Waals surface area (Å²) in [6, 6.07) is 3.13. The summed E-state index contributed by atoms with van der Waals surface area (Å²) in [5, 5.41) is 11.0. The molecule has 0 N–H and O–H groups in total. The van der Waals surface area contributed by atoms with Crippen molar-refractivity contribution in [2.24, 2.45) is 0 Å². The fourth-order valence-corrected chi connectivity index (χ4v) is 2.91. The number of likely N-dealkylation sites (N-methyl/N-ethyl adjacent to an activating group) is 1. The average molecular weight is 324 g/mol. The predicted octanol–water partition coefficient (Wildman–Crippen LogP) is 3.29. The van der Waals surface area contributed by atoms with Gasteiger partial charge in [0.05, 0.1) is 4.92 Å². The van der Waals surface area contributed by atoms with Crippen LogP contribution in [0.1, 0.15) is 39.0 Å². The second kappa shape index (κ2) is 7.39. The van der Waals surface area contributed by atoms with E-state index >= 15 is 0 Å². The number of halogens is 1. The highest BCUT2D eigenvalue weighted by Gasteiger charge is 2.28. The first-order valence-electron chi connectivity index (χ1n) is 7.77. The maximum atomic E-state index is 13.3. The fraction of sp³-hybridized carbons (Fsp3) is 0.562. The topological polar surface area (TPSA) is 72.7 Å². The molecule has 7 heteroatoms.